The van der Waals surface area contributed by atoms with Crippen LogP contribution >= 0.6 is 0 Å². The van der Waals surface area contributed by atoms with E-state index in [0.717, 1.165) is 6.61 Å². The lowest BCUT2D eigenvalue weighted by atomic mass is 10.4. The second kappa shape index (κ2) is 3.72. The molecule has 1 aromatic heterocycles. The van der Waals surface area contributed by atoms with Gasteiger partial charge in [-0.15, -0.1) is 0 Å². The summed E-state index contributed by atoms with van der Waals surface area (Å²) in [5, 5.41) is 0. The monoisotopic (exact) mass is 182 g/mol. The zero-order chi connectivity index (χ0) is 9.10. The predicted octanol–water partition coefficient (Wildman–Crippen LogP) is 1.01. The normalized spacial score (nSPS) is 20.2. The van der Waals surface area contributed by atoms with Crippen LogP contribution < -0.4 is 0 Å². The molecule has 4 heteroatoms. The van der Waals surface area contributed by atoms with E-state index >= 15 is 0 Å². The molecule has 2 rings (SSSR count). The van der Waals surface area contributed by atoms with Gasteiger partial charge in [-0.1, -0.05) is 0 Å². The molecule has 1 saturated heterocycles. The third-order valence-electron chi connectivity index (χ3n) is 1.75. The zero-order valence-electron chi connectivity index (χ0n) is 7.06. The summed E-state index contributed by atoms with van der Waals surface area (Å²) in [5.74, 6) is 1.00. The summed E-state index contributed by atoms with van der Waals surface area (Å²) in [6, 6.07) is 3.36. The van der Waals surface area contributed by atoms with Gasteiger partial charge in [0.1, 0.15) is 18.5 Å². The highest BCUT2D eigenvalue weighted by molar-refractivity contribution is 5.70. The molecule has 0 N–H and O–H groups in total. The molecular weight excluding hydrogens is 172 g/mol. The number of hydrogen-bond donors (Lipinski definition) is 0. The number of hydrogen-bond acceptors (Lipinski definition) is 4. The average molecular weight is 182 g/mol. The molecular formula is C9H10O4. The number of carbonyl (C=O) groups is 1. The molecule has 1 aliphatic rings. The molecule has 1 unspecified atom stereocenters. The van der Waals surface area contributed by atoms with Crippen LogP contribution in [0.1, 0.15) is 16.3 Å². The standard InChI is InChI=1S/C9H10O4/c10-3-7-1-2-8(13-7)4-11-5-9-6-12-9/h1-3,9H,4-6H2. The fourth-order valence-electron chi connectivity index (χ4n) is 0.991. The van der Waals surface area contributed by atoms with Crippen molar-refractivity contribution in [3.8, 4) is 0 Å². The molecule has 1 aliphatic heterocycles. The van der Waals surface area contributed by atoms with Crippen LogP contribution in [0.3, 0.4) is 0 Å². The van der Waals surface area contributed by atoms with Crippen molar-refractivity contribution < 1.29 is 18.7 Å². The molecule has 1 atom stereocenters. The van der Waals surface area contributed by atoms with Crippen molar-refractivity contribution in [2.45, 2.75) is 12.7 Å². The molecule has 1 fully saturated rings. The molecule has 0 spiro atoms. The van der Waals surface area contributed by atoms with Gasteiger partial charge in [-0.25, -0.2) is 0 Å². The predicted molar refractivity (Wildman–Crippen MR) is 43.5 cm³/mol. The number of epoxide rings is 1. The van der Waals surface area contributed by atoms with Crippen LogP contribution in [0.15, 0.2) is 16.5 Å². The Hall–Kier alpha value is -1.13. The van der Waals surface area contributed by atoms with Gasteiger partial charge in [-0.05, 0) is 12.1 Å². The van der Waals surface area contributed by atoms with Crippen molar-refractivity contribution in [3.63, 3.8) is 0 Å². The lowest BCUT2D eigenvalue weighted by molar-refractivity contribution is 0.0895. The first-order valence-electron chi connectivity index (χ1n) is 4.12. The lowest BCUT2D eigenvalue weighted by Gasteiger charge is -1.97. The molecule has 70 valence electrons. The topological polar surface area (TPSA) is 52.0 Å². The van der Waals surface area contributed by atoms with E-state index in [1.165, 1.54) is 0 Å². The van der Waals surface area contributed by atoms with Gasteiger partial charge in [0.2, 0.25) is 0 Å². The Morgan fingerprint density at radius 2 is 2.46 bits per heavy atom. The molecule has 1 aromatic rings. The third kappa shape index (κ3) is 2.40. The highest BCUT2D eigenvalue weighted by Crippen LogP contribution is 2.11. The second-order valence-electron chi connectivity index (χ2n) is 2.89. The number of aldehydes is 1. The number of rotatable bonds is 5. The summed E-state index contributed by atoms with van der Waals surface area (Å²) in [7, 11) is 0. The Kier molecular flexibility index (Phi) is 2.42. The summed E-state index contributed by atoms with van der Waals surface area (Å²) >= 11 is 0. The molecule has 0 radical (unpaired) electrons. The van der Waals surface area contributed by atoms with Crippen LogP contribution in [0, 0.1) is 0 Å². The van der Waals surface area contributed by atoms with E-state index in [0.29, 0.717) is 31.0 Å². The maximum Gasteiger partial charge on any atom is 0.185 e. The third-order valence-corrected chi connectivity index (χ3v) is 1.75. The SMILES string of the molecule is O=Cc1ccc(COCC2CO2)o1. The van der Waals surface area contributed by atoms with E-state index in [4.69, 9.17) is 13.9 Å². The minimum absolute atomic E-state index is 0.264. The Bertz CT molecular complexity index is 288. The Labute approximate surface area is 75.4 Å². The fourth-order valence-corrected chi connectivity index (χ4v) is 0.991. The lowest BCUT2D eigenvalue weighted by Crippen LogP contribution is -2.00. The summed E-state index contributed by atoms with van der Waals surface area (Å²) < 4.78 is 15.3. The molecule has 0 aromatic carbocycles. The largest absolute Gasteiger partial charge is 0.456 e. The molecule has 0 bridgehead atoms. The van der Waals surface area contributed by atoms with Crippen molar-refractivity contribution in [1.29, 1.82) is 0 Å². The number of carbonyl (C=O) groups excluding carboxylic acids is 1. The molecule has 2 heterocycles. The minimum atomic E-state index is 0.264. The van der Waals surface area contributed by atoms with Crippen molar-refractivity contribution in [1.82, 2.24) is 0 Å². The van der Waals surface area contributed by atoms with Crippen molar-refractivity contribution in [2.24, 2.45) is 0 Å². The van der Waals surface area contributed by atoms with Crippen LogP contribution in [0.2, 0.25) is 0 Å². The van der Waals surface area contributed by atoms with Gasteiger partial charge in [0.25, 0.3) is 0 Å². The first-order valence-corrected chi connectivity index (χ1v) is 4.12. The van der Waals surface area contributed by atoms with E-state index < -0.39 is 0 Å². The first kappa shape index (κ1) is 8.47. The van der Waals surface area contributed by atoms with Crippen LogP contribution in [-0.2, 0) is 16.1 Å². The van der Waals surface area contributed by atoms with Crippen LogP contribution in [0.25, 0.3) is 0 Å². The Morgan fingerprint density at radius 3 is 3.08 bits per heavy atom. The van der Waals surface area contributed by atoms with Crippen molar-refractivity contribution >= 4 is 6.29 Å². The summed E-state index contributed by atoms with van der Waals surface area (Å²) in [4.78, 5) is 10.3. The van der Waals surface area contributed by atoms with E-state index in [2.05, 4.69) is 0 Å². The Morgan fingerprint density at radius 1 is 1.62 bits per heavy atom. The highest BCUT2D eigenvalue weighted by Gasteiger charge is 2.22. The maximum absolute atomic E-state index is 10.3. The van der Waals surface area contributed by atoms with Gasteiger partial charge in [-0.3, -0.25) is 4.79 Å². The average Bonchev–Trinajstić information content (AvgIpc) is 2.84. The van der Waals surface area contributed by atoms with Gasteiger partial charge >= 0.3 is 0 Å². The number of ether oxygens (including phenoxy) is 2. The van der Waals surface area contributed by atoms with Crippen LogP contribution in [-0.4, -0.2) is 25.6 Å². The molecule has 0 amide bonds. The highest BCUT2D eigenvalue weighted by atomic mass is 16.6. The van der Waals surface area contributed by atoms with Crippen molar-refractivity contribution in [2.75, 3.05) is 13.2 Å². The van der Waals surface area contributed by atoms with E-state index in [1.54, 1.807) is 12.1 Å². The van der Waals surface area contributed by atoms with Gasteiger partial charge in [0.05, 0.1) is 13.2 Å². The Balaban J connectivity index is 1.75. The molecule has 0 aliphatic carbocycles. The summed E-state index contributed by atoms with van der Waals surface area (Å²) in [5.41, 5.74) is 0. The zero-order valence-corrected chi connectivity index (χ0v) is 7.06. The van der Waals surface area contributed by atoms with E-state index in [-0.39, 0.29) is 6.10 Å². The first-order chi connectivity index (χ1) is 6.38. The van der Waals surface area contributed by atoms with Gasteiger partial charge in [0.15, 0.2) is 12.0 Å². The van der Waals surface area contributed by atoms with Crippen LogP contribution in [0.4, 0.5) is 0 Å². The second-order valence-corrected chi connectivity index (χ2v) is 2.89. The van der Waals surface area contributed by atoms with Gasteiger partial charge in [0, 0.05) is 0 Å². The molecule has 4 nitrogen and oxygen atoms in total. The van der Waals surface area contributed by atoms with E-state index in [9.17, 15) is 4.79 Å². The summed E-state index contributed by atoms with van der Waals surface area (Å²) in [6.45, 7) is 1.78. The number of furan rings is 1. The quantitative estimate of drug-likeness (QED) is 0.503. The maximum atomic E-state index is 10.3. The molecule has 13 heavy (non-hydrogen) atoms. The summed E-state index contributed by atoms with van der Waals surface area (Å²) in [6.07, 6.45) is 0.938. The van der Waals surface area contributed by atoms with Gasteiger partial charge < -0.3 is 13.9 Å². The van der Waals surface area contributed by atoms with E-state index in [1.807, 2.05) is 0 Å². The smallest absolute Gasteiger partial charge is 0.185 e. The van der Waals surface area contributed by atoms with Gasteiger partial charge in [-0.2, -0.15) is 0 Å². The minimum Gasteiger partial charge on any atom is -0.456 e. The van der Waals surface area contributed by atoms with Crippen LogP contribution in [0.5, 0.6) is 0 Å². The van der Waals surface area contributed by atoms with Crippen molar-refractivity contribution in [3.05, 3.63) is 23.7 Å². The fraction of sp³-hybridized carbons (Fsp3) is 0.444. The molecule has 0 saturated carbocycles.